The summed E-state index contributed by atoms with van der Waals surface area (Å²) in [6.07, 6.45) is 1.70. The zero-order chi connectivity index (χ0) is 11.4. The number of anilines is 1. The zero-order valence-electron chi connectivity index (χ0n) is 9.02. The van der Waals surface area contributed by atoms with Crippen LogP contribution in [0.1, 0.15) is 18.5 Å². The predicted molar refractivity (Wildman–Crippen MR) is 62.7 cm³/mol. The van der Waals surface area contributed by atoms with Crippen molar-refractivity contribution in [3.8, 4) is 0 Å². The first-order valence-corrected chi connectivity index (χ1v) is 5.19. The van der Waals surface area contributed by atoms with Crippen molar-refractivity contribution in [3.63, 3.8) is 0 Å². The first-order valence-electron chi connectivity index (χ1n) is 5.19. The molecule has 16 heavy (non-hydrogen) atoms. The lowest BCUT2D eigenvalue weighted by Gasteiger charge is -2.15. The second-order valence-electron chi connectivity index (χ2n) is 3.60. The van der Waals surface area contributed by atoms with E-state index in [-0.39, 0.29) is 11.9 Å². The number of nitrogens with one attached hydrogen (secondary N) is 1. The molecule has 1 aromatic heterocycles. The van der Waals surface area contributed by atoms with E-state index in [1.54, 1.807) is 18.3 Å². The van der Waals surface area contributed by atoms with Gasteiger partial charge >= 0.3 is 0 Å². The van der Waals surface area contributed by atoms with Gasteiger partial charge in [0, 0.05) is 11.8 Å². The molecule has 0 radical (unpaired) electrons. The molecule has 1 unspecified atom stereocenters. The van der Waals surface area contributed by atoms with Crippen LogP contribution in [0.5, 0.6) is 0 Å². The topological polar surface area (TPSA) is 24.9 Å². The van der Waals surface area contributed by atoms with Crippen LogP contribution in [0.2, 0.25) is 0 Å². The van der Waals surface area contributed by atoms with Crippen molar-refractivity contribution >= 4 is 5.82 Å². The molecule has 0 saturated heterocycles. The van der Waals surface area contributed by atoms with Gasteiger partial charge in [-0.3, -0.25) is 0 Å². The Morgan fingerprint density at radius 1 is 1.12 bits per heavy atom. The summed E-state index contributed by atoms with van der Waals surface area (Å²) in [6.45, 7) is 1.91. The molecule has 0 aliphatic rings. The molecule has 0 saturated carbocycles. The third-order valence-corrected chi connectivity index (χ3v) is 2.40. The molecule has 0 amide bonds. The van der Waals surface area contributed by atoms with Gasteiger partial charge in [0.1, 0.15) is 11.6 Å². The van der Waals surface area contributed by atoms with E-state index in [0.717, 1.165) is 5.82 Å². The van der Waals surface area contributed by atoms with Gasteiger partial charge in [-0.05, 0) is 25.1 Å². The van der Waals surface area contributed by atoms with E-state index in [1.807, 2.05) is 31.2 Å². The number of nitrogens with zero attached hydrogens (tertiary/aromatic N) is 1. The molecule has 0 fully saturated rings. The summed E-state index contributed by atoms with van der Waals surface area (Å²) >= 11 is 0. The summed E-state index contributed by atoms with van der Waals surface area (Å²) in [5.41, 5.74) is 0.646. The fourth-order valence-corrected chi connectivity index (χ4v) is 1.57. The summed E-state index contributed by atoms with van der Waals surface area (Å²) < 4.78 is 13.5. The Kier molecular flexibility index (Phi) is 3.15. The highest BCUT2D eigenvalue weighted by atomic mass is 19.1. The van der Waals surface area contributed by atoms with E-state index in [9.17, 15) is 4.39 Å². The molecule has 82 valence electrons. The van der Waals surface area contributed by atoms with Crippen molar-refractivity contribution in [2.75, 3.05) is 5.32 Å². The fraction of sp³-hybridized carbons (Fsp3) is 0.154. The Morgan fingerprint density at radius 3 is 2.56 bits per heavy atom. The smallest absolute Gasteiger partial charge is 0.128 e. The molecular formula is C13H13FN2. The van der Waals surface area contributed by atoms with Crippen LogP contribution < -0.4 is 5.32 Å². The lowest BCUT2D eigenvalue weighted by Crippen LogP contribution is -2.09. The normalized spacial score (nSPS) is 12.1. The first kappa shape index (κ1) is 10.6. The number of hydrogen-bond donors (Lipinski definition) is 1. The third-order valence-electron chi connectivity index (χ3n) is 2.40. The summed E-state index contributed by atoms with van der Waals surface area (Å²) in [7, 11) is 0. The van der Waals surface area contributed by atoms with Crippen LogP contribution in [-0.2, 0) is 0 Å². The van der Waals surface area contributed by atoms with Crippen molar-refractivity contribution in [1.29, 1.82) is 0 Å². The van der Waals surface area contributed by atoms with E-state index < -0.39 is 0 Å². The molecule has 2 aromatic rings. The Labute approximate surface area is 94.2 Å². The minimum Gasteiger partial charge on any atom is -0.363 e. The van der Waals surface area contributed by atoms with Crippen LogP contribution in [-0.4, -0.2) is 4.98 Å². The maximum Gasteiger partial charge on any atom is 0.128 e. The van der Waals surface area contributed by atoms with Crippen LogP contribution in [0.25, 0.3) is 0 Å². The van der Waals surface area contributed by atoms with Crippen molar-refractivity contribution in [2.45, 2.75) is 13.0 Å². The van der Waals surface area contributed by atoms with Gasteiger partial charge in [-0.1, -0.05) is 24.3 Å². The molecule has 0 aliphatic heterocycles. The maximum atomic E-state index is 13.5. The van der Waals surface area contributed by atoms with Gasteiger partial charge in [0.15, 0.2) is 0 Å². The van der Waals surface area contributed by atoms with Gasteiger partial charge in [-0.25, -0.2) is 9.37 Å². The molecule has 0 bridgehead atoms. The second-order valence-corrected chi connectivity index (χ2v) is 3.60. The zero-order valence-corrected chi connectivity index (χ0v) is 9.02. The Hall–Kier alpha value is -1.90. The predicted octanol–water partition coefficient (Wildman–Crippen LogP) is 3.39. The van der Waals surface area contributed by atoms with Gasteiger partial charge in [-0.15, -0.1) is 0 Å². The molecular weight excluding hydrogens is 203 g/mol. The van der Waals surface area contributed by atoms with Crippen LogP contribution in [0.4, 0.5) is 10.2 Å². The summed E-state index contributed by atoms with van der Waals surface area (Å²) in [5, 5.41) is 3.15. The molecule has 1 atom stereocenters. The Bertz CT molecular complexity index is 456. The van der Waals surface area contributed by atoms with E-state index in [4.69, 9.17) is 0 Å². The minimum atomic E-state index is -0.196. The SMILES string of the molecule is CC(Nc1ccccn1)c1ccccc1F. The van der Waals surface area contributed by atoms with Crippen molar-refractivity contribution in [3.05, 3.63) is 60.0 Å². The first-order chi connectivity index (χ1) is 7.77. The molecule has 0 aliphatic carbocycles. The van der Waals surface area contributed by atoms with Crippen LogP contribution in [0.15, 0.2) is 48.7 Å². The standard InChI is InChI=1S/C13H13FN2/c1-10(11-6-2-3-7-12(11)14)16-13-8-4-5-9-15-13/h2-10H,1H3,(H,15,16). The lowest BCUT2D eigenvalue weighted by molar-refractivity contribution is 0.600. The second kappa shape index (κ2) is 4.75. The molecule has 3 heteroatoms. The van der Waals surface area contributed by atoms with E-state index in [1.165, 1.54) is 6.07 Å². The molecule has 2 nitrogen and oxygen atoms in total. The third kappa shape index (κ3) is 2.37. The van der Waals surface area contributed by atoms with Crippen molar-refractivity contribution in [1.82, 2.24) is 4.98 Å². The molecule has 1 N–H and O–H groups in total. The summed E-state index contributed by atoms with van der Waals surface area (Å²) in [5.74, 6) is 0.552. The Morgan fingerprint density at radius 2 is 1.88 bits per heavy atom. The highest BCUT2D eigenvalue weighted by Crippen LogP contribution is 2.19. The minimum absolute atomic E-state index is 0.101. The average molecular weight is 216 g/mol. The number of halogens is 1. The van der Waals surface area contributed by atoms with Crippen LogP contribution in [0.3, 0.4) is 0 Å². The van der Waals surface area contributed by atoms with Gasteiger partial charge in [0.25, 0.3) is 0 Å². The lowest BCUT2D eigenvalue weighted by atomic mass is 10.1. The monoisotopic (exact) mass is 216 g/mol. The quantitative estimate of drug-likeness (QED) is 0.850. The molecule has 2 rings (SSSR count). The number of rotatable bonds is 3. The van der Waals surface area contributed by atoms with Crippen LogP contribution in [0, 0.1) is 5.82 Å². The van der Waals surface area contributed by atoms with Crippen molar-refractivity contribution in [2.24, 2.45) is 0 Å². The van der Waals surface area contributed by atoms with E-state index >= 15 is 0 Å². The maximum absolute atomic E-state index is 13.5. The van der Waals surface area contributed by atoms with Crippen LogP contribution >= 0.6 is 0 Å². The number of benzene rings is 1. The fourth-order valence-electron chi connectivity index (χ4n) is 1.57. The average Bonchev–Trinajstić information content (AvgIpc) is 2.31. The summed E-state index contributed by atoms with van der Waals surface area (Å²) in [4.78, 5) is 4.14. The molecule has 0 spiro atoms. The van der Waals surface area contributed by atoms with Gasteiger partial charge in [0.2, 0.25) is 0 Å². The highest BCUT2D eigenvalue weighted by Gasteiger charge is 2.09. The van der Waals surface area contributed by atoms with Gasteiger partial charge in [0.05, 0.1) is 6.04 Å². The summed E-state index contributed by atoms with van der Waals surface area (Å²) in [6, 6.07) is 12.2. The molecule has 1 heterocycles. The van der Waals surface area contributed by atoms with Gasteiger partial charge in [-0.2, -0.15) is 0 Å². The highest BCUT2D eigenvalue weighted by molar-refractivity contribution is 5.37. The molecule has 1 aromatic carbocycles. The Balaban J connectivity index is 2.15. The van der Waals surface area contributed by atoms with Crippen molar-refractivity contribution < 1.29 is 4.39 Å². The number of hydrogen-bond acceptors (Lipinski definition) is 2. The van der Waals surface area contributed by atoms with E-state index in [2.05, 4.69) is 10.3 Å². The largest absolute Gasteiger partial charge is 0.363 e. The van der Waals surface area contributed by atoms with E-state index in [0.29, 0.717) is 5.56 Å². The number of pyridine rings is 1. The number of aromatic nitrogens is 1. The van der Waals surface area contributed by atoms with Gasteiger partial charge < -0.3 is 5.32 Å².